The van der Waals surface area contributed by atoms with E-state index >= 15 is 0 Å². The lowest BCUT2D eigenvalue weighted by molar-refractivity contribution is -0.147. The molecule has 6 rings (SSSR count). The minimum Gasteiger partial charge on any atom is -0.369 e. The molecule has 5 fully saturated rings. The number of anilines is 1. The molecule has 1 saturated heterocycles. The SMILES string of the molecule is CC(C)C1CN(CC(=O)NC2C3CC4CC2CC(C(N)=O)(C4)C3)S(=O)(=O)N(c2c(Cl)cc(C(F)(F)F)cc2Cl)C1. The molecule has 0 aromatic heterocycles. The number of halogens is 5. The lowest BCUT2D eigenvalue weighted by Crippen LogP contribution is -2.63. The Balaban J connectivity index is 1.37. The highest BCUT2D eigenvalue weighted by molar-refractivity contribution is 7.90. The van der Waals surface area contributed by atoms with Gasteiger partial charge in [0.2, 0.25) is 11.8 Å². The largest absolute Gasteiger partial charge is 0.416 e. The zero-order valence-corrected chi connectivity index (χ0v) is 24.5. The fraction of sp³-hybridized carbons (Fsp3) is 0.692. The fourth-order valence-electron chi connectivity index (χ4n) is 7.56. The molecule has 40 heavy (non-hydrogen) atoms. The Morgan fingerprint density at radius 3 is 2.17 bits per heavy atom. The molecule has 0 radical (unpaired) electrons. The number of benzene rings is 1. The number of nitrogens with two attached hydrogens (primary N) is 1. The molecular formula is C26H33Cl2F3N4O4S. The van der Waals surface area contributed by atoms with Gasteiger partial charge in [0.1, 0.15) is 0 Å². The monoisotopic (exact) mass is 624 g/mol. The van der Waals surface area contributed by atoms with Crippen molar-refractivity contribution in [3.63, 3.8) is 0 Å². The van der Waals surface area contributed by atoms with Gasteiger partial charge >= 0.3 is 16.4 Å². The predicted molar refractivity (Wildman–Crippen MR) is 145 cm³/mol. The van der Waals surface area contributed by atoms with Gasteiger partial charge in [0.05, 0.1) is 27.8 Å². The van der Waals surface area contributed by atoms with Crippen molar-refractivity contribution < 1.29 is 31.2 Å². The summed E-state index contributed by atoms with van der Waals surface area (Å²) < 4.78 is 69.3. The van der Waals surface area contributed by atoms with E-state index in [0.29, 0.717) is 30.9 Å². The molecule has 1 aromatic carbocycles. The molecule has 222 valence electrons. The highest BCUT2D eigenvalue weighted by atomic mass is 35.5. The first-order valence-corrected chi connectivity index (χ1v) is 15.6. The minimum absolute atomic E-state index is 0.00928. The molecule has 1 aromatic rings. The molecule has 2 amide bonds. The van der Waals surface area contributed by atoms with E-state index in [4.69, 9.17) is 28.9 Å². The van der Waals surface area contributed by atoms with Gasteiger partial charge in [0.15, 0.2) is 0 Å². The summed E-state index contributed by atoms with van der Waals surface area (Å²) in [5, 5.41) is 2.16. The second-order valence-electron chi connectivity index (χ2n) is 12.3. The Bertz CT molecular complexity index is 1290. The number of amides is 2. The molecule has 14 heteroatoms. The van der Waals surface area contributed by atoms with Crippen molar-refractivity contribution in [2.45, 2.75) is 58.2 Å². The van der Waals surface area contributed by atoms with Gasteiger partial charge in [-0.2, -0.15) is 25.9 Å². The van der Waals surface area contributed by atoms with E-state index in [0.717, 1.165) is 27.9 Å². The van der Waals surface area contributed by atoms with Gasteiger partial charge in [-0.25, -0.2) is 0 Å². The fourth-order valence-corrected chi connectivity index (χ4v) is 10.1. The van der Waals surface area contributed by atoms with Crippen LogP contribution in [0, 0.1) is 35.0 Å². The second-order valence-corrected chi connectivity index (χ2v) is 15.0. The molecule has 4 aliphatic carbocycles. The van der Waals surface area contributed by atoms with E-state index in [9.17, 15) is 31.2 Å². The van der Waals surface area contributed by atoms with Gasteiger partial charge in [-0.1, -0.05) is 37.0 Å². The van der Waals surface area contributed by atoms with Crippen molar-refractivity contribution in [3.8, 4) is 0 Å². The summed E-state index contributed by atoms with van der Waals surface area (Å²) in [5.74, 6) is -0.401. The molecule has 3 unspecified atom stereocenters. The lowest BCUT2D eigenvalue weighted by atomic mass is 9.47. The van der Waals surface area contributed by atoms with E-state index in [-0.39, 0.29) is 54.4 Å². The maximum Gasteiger partial charge on any atom is 0.416 e. The van der Waals surface area contributed by atoms with E-state index in [1.54, 1.807) is 0 Å². The van der Waals surface area contributed by atoms with Crippen LogP contribution in [-0.4, -0.2) is 50.2 Å². The number of hydrogen-bond acceptors (Lipinski definition) is 4. The van der Waals surface area contributed by atoms with Crippen molar-refractivity contribution in [2.24, 2.45) is 40.7 Å². The van der Waals surface area contributed by atoms with Crippen LogP contribution >= 0.6 is 23.2 Å². The van der Waals surface area contributed by atoms with Gasteiger partial charge in [0.25, 0.3) is 0 Å². The standard InChI is InChI=1S/C26H33Cl2F3N4O4S/c1-13(2)17-10-34(40(38,39)35(11-17)23-19(27)5-18(6-20(23)28)26(29,30)31)12-21(36)33-22-15-3-14-4-16(22)9-25(7-14,8-15)24(32)37/h5-6,13-17,22H,3-4,7-12H2,1-2H3,(H2,32,37)(H,33,36). The number of nitrogens with zero attached hydrogens (tertiary/aromatic N) is 2. The van der Waals surface area contributed by atoms with Crippen molar-refractivity contribution in [1.29, 1.82) is 0 Å². The van der Waals surface area contributed by atoms with Crippen molar-refractivity contribution >= 4 is 50.9 Å². The van der Waals surface area contributed by atoms with Crippen molar-refractivity contribution in [2.75, 3.05) is 23.9 Å². The molecule has 1 aliphatic heterocycles. The van der Waals surface area contributed by atoms with Crippen LogP contribution < -0.4 is 15.4 Å². The summed E-state index contributed by atoms with van der Waals surface area (Å²) in [6.07, 6.45) is -0.887. The maximum absolute atomic E-state index is 13.7. The van der Waals surface area contributed by atoms with Crippen molar-refractivity contribution in [3.05, 3.63) is 27.7 Å². The van der Waals surface area contributed by atoms with E-state index in [1.807, 2.05) is 13.8 Å². The molecule has 0 spiro atoms. The van der Waals surface area contributed by atoms with Crippen LogP contribution in [0.4, 0.5) is 18.9 Å². The van der Waals surface area contributed by atoms with Gasteiger partial charge in [-0.15, -0.1) is 0 Å². The molecule has 8 nitrogen and oxygen atoms in total. The summed E-state index contributed by atoms with van der Waals surface area (Å²) in [7, 11) is -4.36. The first-order valence-electron chi connectivity index (χ1n) is 13.4. The average Bonchev–Trinajstić information content (AvgIpc) is 2.82. The molecule has 5 aliphatic rings. The Morgan fingerprint density at radius 2 is 1.68 bits per heavy atom. The summed E-state index contributed by atoms with van der Waals surface area (Å²) in [6, 6.07) is 1.14. The zero-order chi connectivity index (χ0) is 29.4. The topological polar surface area (TPSA) is 113 Å². The smallest absolute Gasteiger partial charge is 0.369 e. The van der Waals surface area contributed by atoms with E-state index in [1.165, 1.54) is 0 Å². The second kappa shape index (κ2) is 10.2. The number of rotatable bonds is 6. The summed E-state index contributed by atoms with van der Waals surface area (Å²) in [4.78, 5) is 25.6. The maximum atomic E-state index is 13.7. The van der Waals surface area contributed by atoms with Crippen LogP contribution in [0.3, 0.4) is 0 Å². The number of hydrogen-bond donors (Lipinski definition) is 2. The number of alkyl halides is 3. The van der Waals surface area contributed by atoms with Crippen molar-refractivity contribution in [1.82, 2.24) is 9.62 Å². The van der Waals surface area contributed by atoms with E-state index in [2.05, 4.69) is 5.32 Å². The zero-order valence-electron chi connectivity index (χ0n) is 22.2. The lowest BCUT2D eigenvalue weighted by Gasteiger charge is -2.58. The highest BCUT2D eigenvalue weighted by Gasteiger charge is 2.58. The Kier molecular flexibility index (Phi) is 7.58. The Labute approximate surface area is 241 Å². The van der Waals surface area contributed by atoms with Crippen LogP contribution in [0.2, 0.25) is 10.0 Å². The quantitative estimate of drug-likeness (QED) is 0.487. The molecule has 4 bridgehead atoms. The van der Waals surface area contributed by atoms with Crippen LogP contribution in [0.25, 0.3) is 0 Å². The number of nitrogens with one attached hydrogen (secondary N) is 1. The highest BCUT2D eigenvalue weighted by Crippen LogP contribution is 2.60. The first-order chi connectivity index (χ1) is 18.5. The summed E-state index contributed by atoms with van der Waals surface area (Å²) in [6.45, 7) is 3.35. The average molecular weight is 626 g/mol. The third kappa shape index (κ3) is 5.18. The third-order valence-corrected chi connectivity index (χ3v) is 11.8. The predicted octanol–water partition coefficient (Wildman–Crippen LogP) is 4.45. The number of primary amides is 1. The molecule has 1 heterocycles. The molecule has 4 saturated carbocycles. The number of carbonyl (C=O) groups is 2. The van der Waals surface area contributed by atoms with Crippen LogP contribution in [0.15, 0.2) is 12.1 Å². The van der Waals surface area contributed by atoms with Crippen LogP contribution in [-0.2, 0) is 26.0 Å². The van der Waals surface area contributed by atoms with Gasteiger partial charge in [-0.05, 0) is 73.8 Å². The Morgan fingerprint density at radius 1 is 1.10 bits per heavy atom. The van der Waals surface area contributed by atoms with Crippen LogP contribution in [0.5, 0.6) is 0 Å². The Hall–Kier alpha value is -1.76. The normalized spacial score (nSPS) is 33.4. The molecular weight excluding hydrogens is 592 g/mol. The van der Waals surface area contributed by atoms with E-state index < -0.39 is 49.9 Å². The first kappa shape index (κ1) is 29.7. The third-order valence-electron chi connectivity index (χ3n) is 9.42. The minimum atomic E-state index is -4.72. The van der Waals surface area contributed by atoms with Crippen LogP contribution in [0.1, 0.15) is 51.5 Å². The van der Waals surface area contributed by atoms with Gasteiger partial charge in [-0.3, -0.25) is 13.9 Å². The van der Waals surface area contributed by atoms with Gasteiger partial charge < -0.3 is 11.1 Å². The summed E-state index contributed by atoms with van der Waals surface area (Å²) in [5.41, 5.74) is 3.91. The molecule has 3 atom stereocenters. The summed E-state index contributed by atoms with van der Waals surface area (Å²) >= 11 is 12.4. The molecule has 3 N–H and O–H groups in total. The number of carbonyl (C=O) groups excluding carboxylic acids is 2. The van der Waals surface area contributed by atoms with Gasteiger partial charge in [0, 0.05) is 24.5 Å².